The highest BCUT2D eigenvalue weighted by Crippen LogP contribution is 2.33. The number of nitrogens with one attached hydrogen (secondary N) is 1. The number of aromatic nitrogens is 2. The maximum Gasteiger partial charge on any atom is 0.353 e. The number of rotatable bonds is 5. The first-order chi connectivity index (χ1) is 10.8. The predicted molar refractivity (Wildman–Crippen MR) is 81.4 cm³/mol. The van der Waals surface area contributed by atoms with Crippen molar-refractivity contribution in [1.82, 2.24) is 9.97 Å². The number of aliphatic carboxylic acids is 1. The lowest BCUT2D eigenvalue weighted by molar-refractivity contribution is -0.383. The first-order valence-electron chi connectivity index (χ1n) is 6.96. The van der Waals surface area contributed by atoms with Crippen molar-refractivity contribution < 1.29 is 19.6 Å². The molecule has 23 heavy (non-hydrogen) atoms. The quantitative estimate of drug-likeness (QED) is 0.499. The number of carbonyl (C=O) groups is 1. The van der Waals surface area contributed by atoms with Gasteiger partial charge in [0.1, 0.15) is 6.54 Å². The van der Waals surface area contributed by atoms with E-state index < -0.39 is 23.1 Å². The van der Waals surface area contributed by atoms with Gasteiger partial charge in [-0.2, -0.15) is 9.97 Å². The molecule has 4 N–H and O–H groups in total. The third kappa shape index (κ3) is 3.94. The average Bonchev–Trinajstić information content (AvgIpc) is 2.42. The zero-order chi connectivity index (χ0) is 17.1. The van der Waals surface area contributed by atoms with Gasteiger partial charge >= 0.3 is 11.7 Å². The van der Waals surface area contributed by atoms with Crippen LogP contribution in [-0.2, 0) is 9.53 Å². The second-order valence-corrected chi connectivity index (χ2v) is 5.27. The molecule has 0 amide bonds. The molecule has 0 spiro atoms. The molecule has 1 aromatic heterocycles. The second-order valence-electron chi connectivity index (χ2n) is 5.27. The van der Waals surface area contributed by atoms with Crippen molar-refractivity contribution in [2.75, 3.05) is 35.6 Å². The third-order valence-corrected chi connectivity index (χ3v) is 3.19. The molecular weight excluding hydrogens is 308 g/mol. The molecule has 2 atom stereocenters. The fraction of sp³-hybridized carbons (Fsp3) is 0.583. The maximum absolute atomic E-state index is 11.3. The van der Waals surface area contributed by atoms with E-state index in [9.17, 15) is 14.9 Å². The lowest BCUT2D eigenvalue weighted by Crippen LogP contribution is -2.46. The number of ether oxygens (including phenoxy) is 1. The maximum atomic E-state index is 11.3. The Morgan fingerprint density at radius 2 is 2.09 bits per heavy atom. The summed E-state index contributed by atoms with van der Waals surface area (Å²) in [5.41, 5.74) is 5.27. The lowest BCUT2D eigenvalue weighted by atomic mass is 10.2. The molecule has 0 radical (unpaired) electrons. The summed E-state index contributed by atoms with van der Waals surface area (Å²) in [5.74, 6) is -1.45. The van der Waals surface area contributed by atoms with Crippen molar-refractivity contribution in [1.29, 1.82) is 0 Å². The first kappa shape index (κ1) is 16.7. The molecule has 1 fully saturated rings. The van der Waals surface area contributed by atoms with E-state index in [1.807, 2.05) is 13.8 Å². The number of anilines is 3. The van der Waals surface area contributed by atoms with Crippen LogP contribution in [0.2, 0.25) is 0 Å². The van der Waals surface area contributed by atoms with Gasteiger partial charge in [-0.05, 0) is 13.8 Å². The molecule has 1 aliphatic rings. The molecule has 11 heteroatoms. The second kappa shape index (κ2) is 6.60. The molecule has 1 saturated heterocycles. The topological polar surface area (TPSA) is 157 Å². The Balaban J connectivity index is 2.41. The van der Waals surface area contributed by atoms with Crippen LogP contribution in [0, 0.1) is 10.1 Å². The van der Waals surface area contributed by atoms with E-state index in [0.29, 0.717) is 13.1 Å². The number of nitrogens with two attached hydrogens (primary N) is 1. The van der Waals surface area contributed by atoms with E-state index in [2.05, 4.69) is 15.3 Å². The SMILES string of the molecule is CC1CN(c2nc(NCC(=O)O)nc(N)c2[N+](=O)[O-])CC(C)O1. The Bertz CT molecular complexity index is 614. The molecule has 126 valence electrons. The minimum atomic E-state index is -1.11. The van der Waals surface area contributed by atoms with Crippen molar-refractivity contribution >= 4 is 29.2 Å². The van der Waals surface area contributed by atoms with Crippen molar-refractivity contribution in [3.8, 4) is 0 Å². The van der Waals surface area contributed by atoms with Crippen LogP contribution in [0.15, 0.2) is 0 Å². The van der Waals surface area contributed by atoms with Crippen molar-refractivity contribution in [2.45, 2.75) is 26.1 Å². The van der Waals surface area contributed by atoms with Crippen LogP contribution in [0.1, 0.15) is 13.8 Å². The highest BCUT2D eigenvalue weighted by molar-refractivity contribution is 5.74. The molecule has 0 bridgehead atoms. The number of carboxylic acids is 1. The number of nitrogen functional groups attached to an aromatic ring is 1. The summed E-state index contributed by atoms with van der Waals surface area (Å²) in [6.45, 7) is 4.08. The summed E-state index contributed by atoms with van der Waals surface area (Å²) < 4.78 is 5.60. The molecule has 1 aliphatic heterocycles. The van der Waals surface area contributed by atoms with Crippen LogP contribution in [0.3, 0.4) is 0 Å². The Kier molecular flexibility index (Phi) is 4.79. The summed E-state index contributed by atoms with van der Waals surface area (Å²) in [4.78, 5) is 30.8. The summed E-state index contributed by atoms with van der Waals surface area (Å²) in [6, 6.07) is 0. The number of hydrogen-bond acceptors (Lipinski definition) is 9. The lowest BCUT2D eigenvalue weighted by Gasteiger charge is -2.35. The molecule has 11 nitrogen and oxygen atoms in total. The molecule has 0 saturated carbocycles. The predicted octanol–water partition coefficient (Wildman–Crippen LogP) is 0.0771. The zero-order valence-electron chi connectivity index (χ0n) is 12.7. The molecule has 2 unspecified atom stereocenters. The number of nitrogens with zero attached hydrogens (tertiary/aromatic N) is 4. The van der Waals surface area contributed by atoms with E-state index in [-0.39, 0.29) is 29.8 Å². The van der Waals surface area contributed by atoms with Crippen LogP contribution in [0.5, 0.6) is 0 Å². The molecule has 2 rings (SSSR count). The number of hydrogen-bond donors (Lipinski definition) is 3. The minimum absolute atomic E-state index is 0.0531. The number of nitro groups is 1. The molecular formula is C12H18N6O5. The molecule has 2 heterocycles. The van der Waals surface area contributed by atoms with Gasteiger partial charge in [-0.15, -0.1) is 0 Å². The van der Waals surface area contributed by atoms with Gasteiger partial charge in [0.25, 0.3) is 0 Å². The Morgan fingerprint density at radius 1 is 1.48 bits per heavy atom. The van der Waals surface area contributed by atoms with Crippen molar-refractivity contribution in [3.05, 3.63) is 10.1 Å². The summed E-state index contributed by atoms with van der Waals surface area (Å²) in [6.07, 6.45) is -0.269. The van der Waals surface area contributed by atoms with Gasteiger partial charge in [0.2, 0.25) is 17.6 Å². The summed E-state index contributed by atoms with van der Waals surface area (Å²) in [5, 5.41) is 22.5. The largest absolute Gasteiger partial charge is 0.480 e. The van der Waals surface area contributed by atoms with Gasteiger partial charge in [-0.1, -0.05) is 0 Å². The van der Waals surface area contributed by atoms with E-state index in [1.54, 1.807) is 4.90 Å². The van der Waals surface area contributed by atoms with Crippen molar-refractivity contribution in [3.63, 3.8) is 0 Å². The van der Waals surface area contributed by atoms with Crippen molar-refractivity contribution in [2.24, 2.45) is 0 Å². The Hall–Kier alpha value is -2.69. The fourth-order valence-corrected chi connectivity index (χ4v) is 2.44. The zero-order valence-corrected chi connectivity index (χ0v) is 12.7. The molecule has 1 aromatic rings. The van der Waals surface area contributed by atoms with Gasteiger partial charge in [-0.25, -0.2) is 0 Å². The monoisotopic (exact) mass is 326 g/mol. The number of morpholine rings is 1. The standard InChI is InChI=1S/C12H18N6O5/c1-6-4-17(5-7(2)23-6)11-9(18(21)22)10(13)15-12(16-11)14-3-8(19)20/h6-7H,3-5H2,1-2H3,(H,19,20)(H3,13,14,15,16). The highest BCUT2D eigenvalue weighted by Gasteiger charge is 2.32. The van der Waals surface area contributed by atoms with E-state index >= 15 is 0 Å². The van der Waals surface area contributed by atoms with E-state index in [0.717, 1.165) is 0 Å². The van der Waals surface area contributed by atoms with Gasteiger partial charge in [0, 0.05) is 13.1 Å². The highest BCUT2D eigenvalue weighted by atomic mass is 16.6. The van der Waals surface area contributed by atoms with Crippen LogP contribution in [0.4, 0.5) is 23.3 Å². The Morgan fingerprint density at radius 3 is 2.61 bits per heavy atom. The van der Waals surface area contributed by atoms with Crippen LogP contribution >= 0.6 is 0 Å². The summed E-state index contributed by atoms with van der Waals surface area (Å²) in [7, 11) is 0. The average molecular weight is 326 g/mol. The van der Waals surface area contributed by atoms with E-state index in [1.165, 1.54) is 0 Å². The Labute approximate surface area is 131 Å². The van der Waals surface area contributed by atoms with E-state index in [4.69, 9.17) is 15.6 Å². The van der Waals surface area contributed by atoms with Crippen LogP contribution < -0.4 is 16.0 Å². The molecule has 0 aliphatic carbocycles. The number of carboxylic acid groups (broad SMARTS) is 1. The van der Waals surface area contributed by atoms with Gasteiger partial charge in [0.05, 0.1) is 17.1 Å². The van der Waals surface area contributed by atoms with Crippen LogP contribution in [-0.4, -0.2) is 57.8 Å². The summed E-state index contributed by atoms with van der Waals surface area (Å²) >= 11 is 0. The smallest absolute Gasteiger partial charge is 0.353 e. The molecule has 0 aromatic carbocycles. The fourth-order valence-electron chi connectivity index (χ4n) is 2.44. The van der Waals surface area contributed by atoms with Gasteiger partial charge in [-0.3, -0.25) is 14.9 Å². The minimum Gasteiger partial charge on any atom is -0.480 e. The van der Waals surface area contributed by atoms with Gasteiger partial charge in [0.15, 0.2) is 0 Å². The first-order valence-corrected chi connectivity index (χ1v) is 6.96. The van der Waals surface area contributed by atoms with Crippen LogP contribution in [0.25, 0.3) is 0 Å². The normalized spacial score (nSPS) is 21.0. The van der Waals surface area contributed by atoms with Gasteiger partial charge < -0.3 is 25.8 Å². The third-order valence-electron chi connectivity index (χ3n) is 3.19.